The number of aryl methyl sites for hydroxylation is 1. The van der Waals surface area contributed by atoms with Crippen LogP contribution in [0.1, 0.15) is 40.7 Å². The Morgan fingerprint density at radius 3 is 2.29 bits per heavy atom. The van der Waals surface area contributed by atoms with Crippen molar-refractivity contribution in [2.75, 3.05) is 18.5 Å². The van der Waals surface area contributed by atoms with Gasteiger partial charge in [0.15, 0.2) is 5.82 Å². The number of ether oxygens (including phenoxy) is 1. The Labute approximate surface area is 196 Å². The van der Waals surface area contributed by atoms with Crippen LogP contribution in [0.25, 0.3) is 11.1 Å². The first-order valence-corrected chi connectivity index (χ1v) is 11.1. The third-order valence-electron chi connectivity index (χ3n) is 5.99. The Balaban J connectivity index is 1.42. The molecule has 0 fully saturated rings. The molecule has 1 aliphatic rings. The summed E-state index contributed by atoms with van der Waals surface area (Å²) in [6.45, 7) is 1.84. The van der Waals surface area contributed by atoms with Gasteiger partial charge in [0.2, 0.25) is 0 Å². The van der Waals surface area contributed by atoms with Crippen LogP contribution in [0.4, 0.5) is 10.6 Å². The fourth-order valence-corrected chi connectivity index (χ4v) is 4.20. The van der Waals surface area contributed by atoms with Crippen molar-refractivity contribution in [3.05, 3.63) is 71.4 Å². The van der Waals surface area contributed by atoms with E-state index in [9.17, 15) is 14.4 Å². The van der Waals surface area contributed by atoms with Crippen LogP contribution >= 0.6 is 0 Å². The van der Waals surface area contributed by atoms with Crippen LogP contribution in [-0.2, 0) is 16.6 Å². The topological polar surface area (TPSA) is 123 Å². The zero-order valence-corrected chi connectivity index (χ0v) is 18.9. The van der Waals surface area contributed by atoms with Gasteiger partial charge in [0, 0.05) is 25.7 Å². The first-order valence-electron chi connectivity index (χ1n) is 11.1. The number of rotatable bonds is 8. The van der Waals surface area contributed by atoms with E-state index in [1.54, 1.807) is 14.0 Å². The second kappa shape index (κ2) is 9.78. The number of fused-ring (bicyclic) bond motifs is 3. The lowest BCUT2D eigenvalue weighted by Crippen LogP contribution is -2.33. The quantitative estimate of drug-likeness (QED) is 0.470. The maximum absolute atomic E-state index is 12.6. The van der Waals surface area contributed by atoms with Crippen molar-refractivity contribution in [3.8, 4) is 11.1 Å². The molecule has 2 aromatic carbocycles. The fraction of sp³-hybridized carbons (Fsp3) is 0.280. The molecule has 3 aromatic rings. The zero-order valence-electron chi connectivity index (χ0n) is 18.9. The molecule has 0 saturated carbocycles. The van der Waals surface area contributed by atoms with Gasteiger partial charge in [0.05, 0.1) is 5.92 Å². The highest BCUT2D eigenvalue weighted by Gasteiger charge is 2.29. The molecule has 1 aliphatic carbocycles. The number of carbonyl (C=O) groups excluding carboxylic acids is 2. The van der Waals surface area contributed by atoms with Crippen LogP contribution in [0.3, 0.4) is 0 Å². The molecule has 0 bridgehead atoms. The van der Waals surface area contributed by atoms with Crippen LogP contribution in [0, 0.1) is 5.92 Å². The largest absolute Gasteiger partial charge is 0.481 e. The van der Waals surface area contributed by atoms with Crippen molar-refractivity contribution < 1.29 is 24.2 Å². The summed E-state index contributed by atoms with van der Waals surface area (Å²) in [5.41, 5.74) is 4.57. The molecule has 9 nitrogen and oxygen atoms in total. The van der Waals surface area contributed by atoms with Crippen molar-refractivity contribution in [3.63, 3.8) is 0 Å². The van der Waals surface area contributed by atoms with Gasteiger partial charge in [-0.2, -0.15) is 5.10 Å². The maximum atomic E-state index is 12.6. The van der Waals surface area contributed by atoms with Crippen LogP contribution in [0.15, 0.2) is 54.7 Å². The van der Waals surface area contributed by atoms with E-state index in [1.165, 1.54) is 10.9 Å². The van der Waals surface area contributed by atoms with Crippen molar-refractivity contribution in [1.29, 1.82) is 0 Å². The minimum Gasteiger partial charge on any atom is -0.481 e. The van der Waals surface area contributed by atoms with Gasteiger partial charge in [-0.15, -0.1) is 0 Å². The van der Waals surface area contributed by atoms with Crippen molar-refractivity contribution in [1.82, 2.24) is 15.1 Å². The number of nitrogens with zero attached hydrogens (tertiary/aromatic N) is 2. The molecule has 0 radical (unpaired) electrons. The summed E-state index contributed by atoms with van der Waals surface area (Å²) in [6, 6.07) is 16.1. The molecule has 1 aromatic heterocycles. The highest BCUT2D eigenvalue weighted by Crippen LogP contribution is 2.44. The van der Waals surface area contributed by atoms with E-state index >= 15 is 0 Å². The first kappa shape index (κ1) is 23.0. The van der Waals surface area contributed by atoms with Crippen LogP contribution in [0.5, 0.6) is 0 Å². The summed E-state index contributed by atoms with van der Waals surface area (Å²) in [7, 11) is 1.62. The zero-order chi connectivity index (χ0) is 24.2. The second-order valence-electron chi connectivity index (χ2n) is 8.17. The number of carboxylic acids is 1. The van der Waals surface area contributed by atoms with Gasteiger partial charge in [-0.05, 0) is 28.7 Å². The number of benzene rings is 2. The van der Waals surface area contributed by atoms with Crippen molar-refractivity contribution in [2.24, 2.45) is 13.0 Å². The molecule has 0 aliphatic heterocycles. The number of aliphatic carboxylic acids is 1. The maximum Gasteiger partial charge on any atom is 0.412 e. The van der Waals surface area contributed by atoms with Crippen molar-refractivity contribution in [2.45, 2.75) is 19.3 Å². The average Bonchev–Trinajstić information content (AvgIpc) is 3.35. The monoisotopic (exact) mass is 462 g/mol. The fourth-order valence-electron chi connectivity index (χ4n) is 4.20. The predicted molar refractivity (Wildman–Crippen MR) is 126 cm³/mol. The molecular formula is C25H26N4O5. The molecular weight excluding hydrogens is 436 g/mol. The highest BCUT2D eigenvalue weighted by molar-refractivity contribution is 6.01. The molecule has 3 N–H and O–H groups in total. The van der Waals surface area contributed by atoms with E-state index in [1.807, 2.05) is 36.4 Å². The Morgan fingerprint density at radius 2 is 1.71 bits per heavy atom. The summed E-state index contributed by atoms with van der Waals surface area (Å²) in [5, 5.41) is 18.4. The van der Waals surface area contributed by atoms with Gasteiger partial charge >= 0.3 is 12.1 Å². The van der Waals surface area contributed by atoms with E-state index in [0.29, 0.717) is 6.42 Å². The molecule has 0 spiro atoms. The van der Waals surface area contributed by atoms with E-state index in [0.717, 1.165) is 22.3 Å². The Bertz CT molecular complexity index is 1190. The highest BCUT2D eigenvalue weighted by atomic mass is 16.5. The van der Waals surface area contributed by atoms with E-state index < -0.39 is 23.9 Å². The number of carboxylic acid groups (broad SMARTS) is 1. The lowest BCUT2D eigenvalue weighted by atomic mass is 9.98. The molecule has 9 heteroatoms. The molecule has 4 rings (SSSR count). The number of carbonyl (C=O) groups is 3. The number of aromatic nitrogens is 2. The van der Waals surface area contributed by atoms with Gasteiger partial charge in [0.1, 0.15) is 12.2 Å². The predicted octanol–water partition coefficient (Wildman–Crippen LogP) is 3.62. The van der Waals surface area contributed by atoms with Crippen LogP contribution < -0.4 is 10.6 Å². The van der Waals surface area contributed by atoms with Gasteiger partial charge in [0.25, 0.3) is 5.91 Å². The molecule has 34 heavy (non-hydrogen) atoms. The molecule has 1 atom stereocenters. The van der Waals surface area contributed by atoms with E-state index in [4.69, 9.17) is 9.84 Å². The SMILES string of the molecule is CCC(CNC(=O)c1cn(C)nc1NC(=O)OCC1c2ccccc2-c2ccccc21)C(=O)O. The molecule has 0 saturated heterocycles. The summed E-state index contributed by atoms with van der Waals surface area (Å²) < 4.78 is 6.92. The minimum atomic E-state index is -0.981. The van der Waals surface area contributed by atoms with E-state index in [-0.39, 0.29) is 30.5 Å². The summed E-state index contributed by atoms with van der Waals surface area (Å²) in [5.74, 6) is -2.25. The van der Waals surface area contributed by atoms with Crippen LogP contribution in [0.2, 0.25) is 0 Å². The summed E-state index contributed by atoms with van der Waals surface area (Å²) in [6.07, 6.45) is 1.11. The van der Waals surface area contributed by atoms with Gasteiger partial charge in [-0.25, -0.2) is 4.79 Å². The average molecular weight is 463 g/mol. The third-order valence-corrected chi connectivity index (χ3v) is 5.99. The molecule has 176 valence electrons. The van der Waals surface area contributed by atoms with Gasteiger partial charge in [-0.3, -0.25) is 19.6 Å². The van der Waals surface area contributed by atoms with Gasteiger partial charge in [-0.1, -0.05) is 55.5 Å². The first-order chi connectivity index (χ1) is 16.4. The lowest BCUT2D eigenvalue weighted by Gasteiger charge is -2.14. The molecule has 1 unspecified atom stereocenters. The Hall–Kier alpha value is -4.14. The third kappa shape index (κ3) is 4.63. The number of nitrogens with one attached hydrogen (secondary N) is 2. The van der Waals surface area contributed by atoms with Crippen LogP contribution in [-0.4, -0.2) is 46.0 Å². The Kier molecular flexibility index (Phi) is 6.62. The number of hydrogen-bond acceptors (Lipinski definition) is 5. The van der Waals surface area contributed by atoms with Crippen molar-refractivity contribution >= 4 is 23.8 Å². The standard InChI is InChI=1S/C25H26N4O5/c1-3-15(24(31)32)12-26-23(30)20-13-29(2)28-22(20)27-25(33)34-14-21-18-10-6-4-8-16(18)17-9-5-7-11-19(17)21/h4-11,13,15,21H,3,12,14H2,1-2H3,(H,26,30)(H,31,32)(H,27,28,33). The van der Waals surface area contributed by atoms with E-state index in [2.05, 4.69) is 27.9 Å². The number of anilines is 1. The summed E-state index contributed by atoms with van der Waals surface area (Å²) >= 11 is 0. The molecule has 1 heterocycles. The minimum absolute atomic E-state index is 0.0239. The smallest absolute Gasteiger partial charge is 0.412 e. The number of amides is 2. The molecule has 2 amide bonds. The lowest BCUT2D eigenvalue weighted by molar-refractivity contribution is -0.141. The summed E-state index contributed by atoms with van der Waals surface area (Å²) in [4.78, 5) is 36.4. The normalized spacial score (nSPS) is 13.0. The Morgan fingerprint density at radius 1 is 1.09 bits per heavy atom. The number of hydrogen-bond donors (Lipinski definition) is 3. The second-order valence-corrected chi connectivity index (χ2v) is 8.17. The van der Waals surface area contributed by atoms with Gasteiger partial charge < -0.3 is 15.2 Å².